The summed E-state index contributed by atoms with van der Waals surface area (Å²) in [6.07, 6.45) is 3.47. The van der Waals surface area contributed by atoms with Gasteiger partial charge >= 0.3 is 0 Å². The molecular formula is C17H23ClFN3O2S. The molecular weight excluding hydrogens is 365 g/mol. The molecule has 1 aromatic rings. The van der Waals surface area contributed by atoms with Crippen molar-refractivity contribution < 1.29 is 13.9 Å². The number of benzene rings is 1. The SMILES string of the molecule is C[C@@H]1[C@H](C)CCC[C@@H]1NC(=S)NNC(=O)COc1ccc(F)cc1Cl. The van der Waals surface area contributed by atoms with E-state index in [0.717, 1.165) is 12.5 Å². The molecule has 0 radical (unpaired) electrons. The van der Waals surface area contributed by atoms with E-state index < -0.39 is 11.7 Å². The zero-order chi connectivity index (χ0) is 18.4. The molecule has 0 aliphatic heterocycles. The van der Waals surface area contributed by atoms with Crippen LogP contribution in [0.4, 0.5) is 4.39 Å². The topological polar surface area (TPSA) is 62.4 Å². The average Bonchev–Trinajstić information content (AvgIpc) is 2.56. The van der Waals surface area contributed by atoms with Crippen LogP contribution >= 0.6 is 23.8 Å². The summed E-state index contributed by atoms with van der Waals surface area (Å²) >= 11 is 11.0. The molecule has 0 unspecified atom stereocenters. The maximum absolute atomic E-state index is 12.9. The first-order valence-electron chi connectivity index (χ1n) is 8.30. The molecule has 1 amide bonds. The minimum absolute atomic E-state index is 0.110. The largest absolute Gasteiger partial charge is 0.482 e. The Kier molecular flexibility index (Phi) is 7.25. The van der Waals surface area contributed by atoms with Crippen LogP contribution in [-0.4, -0.2) is 23.7 Å². The Morgan fingerprint density at radius 3 is 2.84 bits per heavy atom. The third-order valence-corrected chi connectivity index (χ3v) is 5.11. The quantitative estimate of drug-likeness (QED) is 0.547. The second kappa shape index (κ2) is 9.20. The highest BCUT2D eigenvalue weighted by molar-refractivity contribution is 7.80. The van der Waals surface area contributed by atoms with Gasteiger partial charge in [-0.3, -0.25) is 15.6 Å². The minimum Gasteiger partial charge on any atom is -0.482 e. The Hall–Kier alpha value is -1.60. The fourth-order valence-electron chi connectivity index (χ4n) is 2.89. The first kappa shape index (κ1) is 19.7. The minimum atomic E-state index is -0.467. The van der Waals surface area contributed by atoms with Gasteiger partial charge in [-0.15, -0.1) is 0 Å². The van der Waals surface area contributed by atoms with Crippen LogP contribution in [0.15, 0.2) is 18.2 Å². The Balaban J connectivity index is 1.71. The second-order valence-electron chi connectivity index (χ2n) is 6.38. The molecule has 0 bridgehead atoms. The van der Waals surface area contributed by atoms with Crippen LogP contribution in [0.5, 0.6) is 5.75 Å². The highest BCUT2D eigenvalue weighted by atomic mass is 35.5. The van der Waals surface area contributed by atoms with Gasteiger partial charge in [0.25, 0.3) is 5.91 Å². The van der Waals surface area contributed by atoms with Crippen LogP contribution in [0.2, 0.25) is 5.02 Å². The molecule has 138 valence electrons. The van der Waals surface area contributed by atoms with Crippen molar-refractivity contribution in [1.82, 2.24) is 16.2 Å². The number of carbonyl (C=O) groups excluding carboxylic acids is 1. The molecule has 0 saturated heterocycles. The number of hydrazine groups is 1. The zero-order valence-corrected chi connectivity index (χ0v) is 15.8. The number of amides is 1. The Labute approximate surface area is 157 Å². The molecule has 0 aromatic heterocycles. The molecule has 3 N–H and O–H groups in total. The van der Waals surface area contributed by atoms with Crippen molar-refractivity contribution in [3.63, 3.8) is 0 Å². The van der Waals surface area contributed by atoms with Crippen LogP contribution in [0.3, 0.4) is 0 Å². The molecule has 0 heterocycles. The van der Waals surface area contributed by atoms with Gasteiger partial charge in [0, 0.05) is 6.04 Å². The lowest BCUT2D eigenvalue weighted by molar-refractivity contribution is -0.123. The van der Waals surface area contributed by atoms with Crippen molar-refractivity contribution in [2.45, 2.75) is 39.2 Å². The summed E-state index contributed by atoms with van der Waals surface area (Å²) in [6, 6.07) is 4.01. The first-order valence-corrected chi connectivity index (χ1v) is 9.08. The lowest BCUT2D eigenvalue weighted by Crippen LogP contribution is -2.53. The summed E-state index contributed by atoms with van der Waals surface area (Å²) in [5, 5.41) is 3.73. The summed E-state index contributed by atoms with van der Waals surface area (Å²) in [5.41, 5.74) is 5.14. The van der Waals surface area contributed by atoms with Gasteiger partial charge in [-0.2, -0.15) is 0 Å². The fraction of sp³-hybridized carbons (Fsp3) is 0.529. The van der Waals surface area contributed by atoms with E-state index in [1.54, 1.807) is 0 Å². The van der Waals surface area contributed by atoms with Crippen molar-refractivity contribution in [2.24, 2.45) is 11.8 Å². The number of carbonyl (C=O) groups is 1. The van der Waals surface area contributed by atoms with Gasteiger partial charge in [0.05, 0.1) is 5.02 Å². The van der Waals surface area contributed by atoms with Crippen molar-refractivity contribution in [3.05, 3.63) is 29.0 Å². The van der Waals surface area contributed by atoms with Crippen molar-refractivity contribution in [2.75, 3.05) is 6.61 Å². The predicted octanol–water partition coefficient (Wildman–Crippen LogP) is 3.18. The normalized spacial score (nSPS) is 22.8. The van der Waals surface area contributed by atoms with Crippen LogP contribution in [0.25, 0.3) is 0 Å². The van der Waals surface area contributed by atoms with Crippen molar-refractivity contribution in [1.29, 1.82) is 0 Å². The van der Waals surface area contributed by atoms with Gasteiger partial charge in [-0.05, 0) is 48.7 Å². The third-order valence-electron chi connectivity index (χ3n) is 4.59. The molecule has 25 heavy (non-hydrogen) atoms. The van der Waals surface area contributed by atoms with Crippen LogP contribution < -0.4 is 20.9 Å². The molecule has 1 aliphatic carbocycles. The van der Waals surface area contributed by atoms with E-state index >= 15 is 0 Å². The van der Waals surface area contributed by atoms with Crippen molar-refractivity contribution >= 4 is 34.8 Å². The van der Waals surface area contributed by atoms with Crippen LogP contribution in [0.1, 0.15) is 33.1 Å². The number of ether oxygens (including phenoxy) is 1. The van der Waals surface area contributed by atoms with E-state index in [9.17, 15) is 9.18 Å². The predicted molar refractivity (Wildman–Crippen MR) is 99.9 cm³/mol. The second-order valence-corrected chi connectivity index (χ2v) is 7.20. The van der Waals surface area contributed by atoms with Crippen LogP contribution in [-0.2, 0) is 4.79 Å². The molecule has 8 heteroatoms. The molecule has 1 aromatic carbocycles. The third kappa shape index (κ3) is 6.01. The summed E-state index contributed by atoms with van der Waals surface area (Å²) in [5.74, 6) is 0.523. The van der Waals surface area contributed by atoms with E-state index in [1.807, 2.05) is 0 Å². The van der Waals surface area contributed by atoms with E-state index in [1.165, 1.54) is 25.0 Å². The highest BCUT2D eigenvalue weighted by Crippen LogP contribution is 2.29. The summed E-state index contributed by atoms with van der Waals surface area (Å²) in [4.78, 5) is 11.8. The van der Waals surface area contributed by atoms with Gasteiger partial charge in [-0.1, -0.05) is 38.3 Å². The summed E-state index contributed by atoms with van der Waals surface area (Å²) in [6.45, 7) is 4.19. The van der Waals surface area contributed by atoms with E-state index in [4.69, 9.17) is 28.6 Å². The number of thiocarbonyl (C=S) groups is 1. The summed E-state index contributed by atoms with van der Waals surface area (Å²) in [7, 11) is 0. The maximum Gasteiger partial charge on any atom is 0.276 e. The molecule has 1 fully saturated rings. The van der Waals surface area contributed by atoms with Gasteiger partial charge < -0.3 is 10.1 Å². The highest BCUT2D eigenvalue weighted by Gasteiger charge is 2.27. The molecule has 3 atom stereocenters. The molecule has 1 saturated carbocycles. The molecule has 1 aliphatic rings. The number of hydrogen-bond acceptors (Lipinski definition) is 3. The lowest BCUT2D eigenvalue weighted by Gasteiger charge is -2.35. The average molecular weight is 388 g/mol. The van der Waals surface area contributed by atoms with E-state index in [2.05, 4.69) is 30.0 Å². The van der Waals surface area contributed by atoms with E-state index in [0.29, 0.717) is 23.0 Å². The monoisotopic (exact) mass is 387 g/mol. The Morgan fingerprint density at radius 2 is 2.12 bits per heavy atom. The fourth-order valence-corrected chi connectivity index (χ4v) is 3.31. The zero-order valence-electron chi connectivity index (χ0n) is 14.3. The van der Waals surface area contributed by atoms with Crippen LogP contribution in [0, 0.1) is 17.7 Å². The molecule has 0 spiro atoms. The Morgan fingerprint density at radius 1 is 1.36 bits per heavy atom. The number of nitrogens with one attached hydrogen (secondary N) is 3. The maximum atomic E-state index is 12.9. The first-order chi connectivity index (χ1) is 11.9. The number of halogens is 2. The number of hydrogen-bond donors (Lipinski definition) is 3. The lowest BCUT2D eigenvalue weighted by atomic mass is 9.78. The smallest absolute Gasteiger partial charge is 0.276 e. The van der Waals surface area contributed by atoms with E-state index in [-0.39, 0.29) is 17.4 Å². The molecule has 2 rings (SSSR count). The van der Waals surface area contributed by atoms with Gasteiger partial charge in [-0.25, -0.2) is 4.39 Å². The Bertz CT molecular complexity index is 632. The van der Waals surface area contributed by atoms with Gasteiger partial charge in [0.1, 0.15) is 11.6 Å². The summed E-state index contributed by atoms with van der Waals surface area (Å²) < 4.78 is 18.2. The number of rotatable bonds is 4. The standard InChI is InChI=1S/C17H23ClFN3O2S/c1-10-4-3-5-14(11(10)2)20-17(25)22-21-16(23)9-24-15-7-6-12(19)8-13(15)18/h6-8,10-11,14H,3-5,9H2,1-2H3,(H,21,23)(H2,20,22,25)/t10-,11-,14+/m1/s1. The van der Waals surface area contributed by atoms with Gasteiger partial charge in [0.2, 0.25) is 0 Å². The molecule has 5 nitrogen and oxygen atoms in total. The van der Waals surface area contributed by atoms with Gasteiger partial charge in [0.15, 0.2) is 11.7 Å². The van der Waals surface area contributed by atoms with Crippen molar-refractivity contribution in [3.8, 4) is 5.75 Å².